The van der Waals surface area contributed by atoms with Crippen molar-refractivity contribution in [3.63, 3.8) is 0 Å². The monoisotopic (exact) mass is 419 g/mol. The normalized spacial score (nSPS) is 11.1. The maximum absolute atomic E-state index is 12.9. The minimum absolute atomic E-state index is 0.110. The molecular formula is C25H29N3O3. The van der Waals surface area contributed by atoms with Gasteiger partial charge in [-0.2, -0.15) is 5.10 Å². The van der Waals surface area contributed by atoms with Crippen molar-refractivity contribution in [1.82, 2.24) is 14.3 Å². The smallest absolute Gasteiger partial charge is 0.346 e. The predicted molar refractivity (Wildman–Crippen MR) is 122 cm³/mol. The Kier molecular flexibility index (Phi) is 7.23. The second-order valence-corrected chi connectivity index (χ2v) is 8.07. The lowest BCUT2D eigenvalue weighted by molar-refractivity contribution is 0.0697. The van der Waals surface area contributed by atoms with Crippen molar-refractivity contribution in [3.05, 3.63) is 88.6 Å². The van der Waals surface area contributed by atoms with Gasteiger partial charge in [0.2, 0.25) is 0 Å². The Bertz CT molecular complexity index is 1110. The number of nitrogens with zero attached hydrogens (tertiary/aromatic N) is 3. The molecule has 0 saturated heterocycles. The lowest BCUT2D eigenvalue weighted by Crippen LogP contribution is -2.26. The number of hydrogen-bond donors (Lipinski definition) is 1. The molecule has 3 rings (SSSR count). The van der Waals surface area contributed by atoms with Crippen LogP contribution in [0, 0.1) is 5.92 Å². The van der Waals surface area contributed by atoms with Crippen molar-refractivity contribution >= 4 is 5.97 Å². The molecule has 0 spiro atoms. The Balaban J connectivity index is 1.88. The molecule has 6 nitrogen and oxygen atoms in total. The Labute approximate surface area is 182 Å². The highest BCUT2D eigenvalue weighted by Gasteiger charge is 2.15. The number of aromatic carboxylic acids is 1. The summed E-state index contributed by atoms with van der Waals surface area (Å²) in [4.78, 5) is 24.4. The van der Waals surface area contributed by atoms with E-state index in [9.17, 15) is 14.7 Å². The average Bonchev–Trinajstić information content (AvgIpc) is 3.06. The van der Waals surface area contributed by atoms with E-state index in [0.29, 0.717) is 31.0 Å². The maximum atomic E-state index is 12.9. The van der Waals surface area contributed by atoms with Crippen LogP contribution in [0.3, 0.4) is 0 Å². The first-order valence-electron chi connectivity index (χ1n) is 10.6. The minimum atomic E-state index is -0.951. The van der Waals surface area contributed by atoms with Gasteiger partial charge in [0, 0.05) is 13.0 Å². The molecular weight excluding hydrogens is 390 g/mol. The van der Waals surface area contributed by atoms with E-state index in [1.165, 1.54) is 4.68 Å². The van der Waals surface area contributed by atoms with Gasteiger partial charge in [-0.25, -0.2) is 14.3 Å². The van der Waals surface area contributed by atoms with Crippen LogP contribution < -0.4 is 5.69 Å². The van der Waals surface area contributed by atoms with Crippen molar-refractivity contribution in [2.75, 3.05) is 0 Å². The zero-order valence-corrected chi connectivity index (χ0v) is 18.1. The van der Waals surface area contributed by atoms with Crippen molar-refractivity contribution < 1.29 is 9.90 Å². The number of hydrogen-bond acceptors (Lipinski definition) is 3. The summed E-state index contributed by atoms with van der Waals surface area (Å²) in [5, 5.41) is 14.0. The van der Waals surface area contributed by atoms with Gasteiger partial charge < -0.3 is 5.11 Å². The molecule has 0 aliphatic rings. The van der Waals surface area contributed by atoms with Crippen molar-refractivity contribution in [2.24, 2.45) is 5.92 Å². The van der Waals surface area contributed by atoms with Crippen LogP contribution in [0.4, 0.5) is 0 Å². The molecule has 0 aliphatic carbocycles. The summed E-state index contributed by atoms with van der Waals surface area (Å²) in [6.45, 7) is 9.00. The lowest BCUT2D eigenvalue weighted by Gasteiger charge is -2.09. The second-order valence-electron chi connectivity index (χ2n) is 8.07. The van der Waals surface area contributed by atoms with E-state index in [4.69, 9.17) is 0 Å². The Morgan fingerprint density at radius 1 is 1.16 bits per heavy atom. The fourth-order valence-corrected chi connectivity index (χ4v) is 3.50. The van der Waals surface area contributed by atoms with Crippen LogP contribution in [-0.2, 0) is 19.5 Å². The molecule has 0 amide bonds. The topological polar surface area (TPSA) is 77.1 Å². The van der Waals surface area contributed by atoms with Gasteiger partial charge in [0.25, 0.3) is 0 Å². The zero-order valence-electron chi connectivity index (χ0n) is 18.1. The number of benzene rings is 2. The molecule has 3 aromatic rings. The number of carboxylic acids is 1. The van der Waals surface area contributed by atoms with E-state index >= 15 is 0 Å². The third-order valence-corrected chi connectivity index (χ3v) is 5.25. The molecule has 2 aromatic carbocycles. The summed E-state index contributed by atoms with van der Waals surface area (Å²) < 4.78 is 3.26. The number of aryl methyl sites for hydroxylation is 2. The number of aromatic nitrogens is 3. The summed E-state index contributed by atoms with van der Waals surface area (Å²) in [6, 6.07) is 14.6. The van der Waals surface area contributed by atoms with E-state index in [1.54, 1.807) is 28.8 Å². The van der Waals surface area contributed by atoms with Crippen LogP contribution in [0.2, 0.25) is 0 Å². The highest BCUT2D eigenvalue weighted by molar-refractivity contribution is 5.95. The molecule has 0 bridgehead atoms. The summed E-state index contributed by atoms with van der Waals surface area (Å²) in [6.07, 6.45) is 4.19. The van der Waals surface area contributed by atoms with E-state index in [1.807, 2.05) is 30.3 Å². The third kappa shape index (κ3) is 5.40. The van der Waals surface area contributed by atoms with Gasteiger partial charge in [0.15, 0.2) is 0 Å². The fraction of sp³-hybridized carbons (Fsp3) is 0.320. The number of carboxylic acid groups (broad SMARTS) is 1. The van der Waals surface area contributed by atoms with Gasteiger partial charge >= 0.3 is 11.7 Å². The Hall–Kier alpha value is -3.41. The molecule has 162 valence electrons. The van der Waals surface area contributed by atoms with Gasteiger partial charge in [-0.3, -0.25) is 4.57 Å². The first-order valence-corrected chi connectivity index (χ1v) is 10.6. The summed E-state index contributed by atoms with van der Waals surface area (Å²) >= 11 is 0. The highest BCUT2D eigenvalue weighted by atomic mass is 16.4. The maximum Gasteiger partial charge on any atom is 0.346 e. The molecule has 1 aromatic heterocycles. The van der Waals surface area contributed by atoms with E-state index in [-0.39, 0.29) is 11.3 Å². The average molecular weight is 420 g/mol. The number of carbonyl (C=O) groups is 1. The van der Waals surface area contributed by atoms with Crippen molar-refractivity contribution in [3.8, 4) is 11.1 Å². The molecule has 0 unspecified atom stereocenters. The van der Waals surface area contributed by atoms with E-state index in [0.717, 1.165) is 29.8 Å². The summed E-state index contributed by atoms with van der Waals surface area (Å²) in [5.74, 6) is 0.367. The molecule has 0 fully saturated rings. The van der Waals surface area contributed by atoms with Gasteiger partial charge in [0.05, 0.1) is 12.1 Å². The predicted octanol–water partition coefficient (Wildman–Crippen LogP) is 4.62. The molecule has 0 aliphatic heterocycles. The van der Waals surface area contributed by atoms with E-state index < -0.39 is 5.97 Å². The first-order chi connectivity index (χ1) is 14.9. The van der Waals surface area contributed by atoms with Crippen LogP contribution in [0.25, 0.3) is 11.1 Å². The standard InChI is InChI=1S/C25H29N3O3/c1-4-5-16-28-25(31)27(23(26-28)15-10-18(2)3)17-19-11-13-20(14-12-19)21-8-6-7-9-22(21)24(29)30/h4,6-9,11-14,18H,1,5,10,15-17H2,2-3H3,(H,29,30). The molecule has 0 radical (unpaired) electrons. The summed E-state index contributed by atoms with van der Waals surface area (Å²) in [7, 11) is 0. The molecule has 0 atom stereocenters. The quantitative estimate of drug-likeness (QED) is 0.486. The van der Waals surface area contributed by atoms with Crippen LogP contribution in [0.5, 0.6) is 0 Å². The molecule has 1 N–H and O–H groups in total. The fourth-order valence-electron chi connectivity index (χ4n) is 3.50. The number of rotatable bonds is 10. The van der Waals surface area contributed by atoms with Crippen molar-refractivity contribution in [2.45, 2.75) is 46.2 Å². The summed E-state index contributed by atoms with van der Waals surface area (Å²) in [5.41, 5.74) is 2.63. The zero-order chi connectivity index (χ0) is 22.4. The molecule has 1 heterocycles. The van der Waals surface area contributed by atoms with Crippen LogP contribution in [-0.4, -0.2) is 25.4 Å². The van der Waals surface area contributed by atoms with Gasteiger partial charge in [-0.05, 0) is 41.5 Å². The molecule has 0 saturated carbocycles. The number of allylic oxidation sites excluding steroid dienone is 1. The van der Waals surface area contributed by atoms with Gasteiger partial charge in [-0.15, -0.1) is 6.58 Å². The first kappa shape index (κ1) is 22.3. The lowest BCUT2D eigenvalue weighted by atomic mass is 9.99. The van der Waals surface area contributed by atoms with Gasteiger partial charge in [0.1, 0.15) is 5.82 Å². The Morgan fingerprint density at radius 3 is 2.52 bits per heavy atom. The Morgan fingerprint density at radius 2 is 1.87 bits per heavy atom. The second kappa shape index (κ2) is 10.1. The highest BCUT2D eigenvalue weighted by Crippen LogP contribution is 2.24. The third-order valence-electron chi connectivity index (χ3n) is 5.25. The molecule has 6 heteroatoms. The van der Waals surface area contributed by atoms with Crippen LogP contribution in [0.15, 0.2) is 66.0 Å². The van der Waals surface area contributed by atoms with Crippen LogP contribution >= 0.6 is 0 Å². The van der Waals surface area contributed by atoms with E-state index in [2.05, 4.69) is 25.5 Å². The largest absolute Gasteiger partial charge is 0.478 e. The van der Waals surface area contributed by atoms with Crippen LogP contribution in [0.1, 0.15) is 48.4 Å². The SMILES string of the molecule is C=CCCn1nc(CCC(C)C)n(Cc2ccc(-c3ccccc3C(=O)O)cc2)c1=O. The van der Waals surface area contributed by atoms with Gasteiger partial charge in [-0.1, -0.05) is 62.4 Å². The minimum Gasteiger partial charge on any atom is -0.478 e. The van der Waals surface area contributed by atoms with Crippen molar-refractivity contribution in [1.29, 1.82) is 0 Å². The molecule has 31 heavy (non-hydrogen) atoms.